The number of rotatable bonds is 13. The molecule has 0 atom stereocenters. The van der Waals surface area contributed by atoms with Crippen molar-refractivity contribution in [1.29, 1.82) is 0 Å². The summed E-state index contributed by atoms with van der Waals surface area (Å²) in [4.78, 5) is 33.5. The number of anilines is 5. The first kappa shape index (κ1) is 42.3. The topological polar surface area (TPSA) is 285 Å². The van der Waals surface area contributed by atoms with Gasteiger partial charge in [0.2, 0.25) is 17.8 Å². The molecule has 0 radical (unpaired) electrons. The molecule has 7 heterocycles. The minimum absolute atomic E-state index is 0.0816. The molecule has 0 spiro atoms. The van der Waals surface area contributed by atoms with Crippen molar-refractivity contribution in [3.8, 4) is 0 Å². The Morgan fingerprint density at radius 1 is 0.574 bits per heavy atom. The van der Waals surface area contributed by atoms with E-state index < -0.39 is 0 Å². The lowest BCUT2D eigenvalue weighted by Crippen LogP contribution is -2.23. The van der Waals surface area contributed by atoms with Gasteiger partial charge in [-0.15, -0.1) is 39.9 Å². The fraction of sp³-hybridized carbons (Fsp3) is 0.243. The lowest BCUT2D eigenvalue weighted by molar-refractivity contribution is 0.658. The van der Waals surface area contributed by atoms with E-state index in [-0.39, 0.29) is 23.5 Å². The van der Waals surface area contributed by atoms with Crippen molar-refractivity contribution in [3.63, 3.8) is 0 Å². The molecular weight excluding hydrogens is 847 g/mol. The Kier molecular flexibility index (Phi) is 13.5. The number of aryl methyl sites for hydroxylation is 3. The van der Waals surface area contributed by atoms with E-state index in [1.807, 2.05) is 48.5 Å². The highest BCUT2D eigenvalue weighted by Gasteiger charge is 2.18. The monoisotopic (exact) mass is 886 g/mol. The SMILES string of the molecule is NNc1nc(N)nc2c1cnn2CCCl.Nc1nc(NCCc2ccccc2)c2cnn(CCCl)c2n1.Nc1nc2c(cnn2CCCl)c2nn(Cc3ccccc3)c(=O)n12. The van der Waals surface area contributed by atoms with E-state index in [0.29, 0.717) is 83.4 Å². The lowest BCUT2D eigenvalue weighted by Gasteiger charge is -2.08. The summed E-state index contributed by atoms with van der Waals surface area (Å²) >= 11 is 17.2. The average Bonchev–Trinajstić information content (AvgIpc) is 4.05. The highest BCUT2D eigenvalue weighted by atomic mass is 35.5. The maximum Gasteiger partial charge on any atom is 0.353 e. The van der Waals surface area contributed by atoms with Gasteiger partial charge in [-0.05, 0) is 17.5 Å². The van der Waals surface area contributed by atoms with Gasteiger partial charge in [0.15, 0.2) is 28.4 Å². The van der Waals surface area contributed by atoms with Crippen molar-refractivity contribution in [1.82, 2.24) is 68.4 Å². The molecule has 10 N–H and O–H groups in total. The summed E-state index contributed by atoms with van der Waals surface area (Å²) in [5.41, 5.74) is 24.0. The summed E-state index contributed by atoms with van der Waals surface area (Å²) in [6.45, 7) is 2.77. The molecule has 9 aromatic rings. The first-order valence-corrected chi connectivity index (χ1v) is 20.4. The highest BCUT2D eigenvalue weighted by molar-refractivity contribution is 6.18. The van der Waals surface area contributed by atoms with Crippen molar-refractivity contribution in [2.45, 2.75) is 32.6 Å². The van der Waals surface area contributed by atoms with Gasteiger partial charge in [-0.3, -0.25) is 0 Å². The smallest absolute Gasteiger partial charge is 0.353 e. The molecule has 21 nitrogen and oxygen atoms in total. The van der Waals surface area contributed by atoms with Crippen LogP contribution in [0.5, 0.6) is 0 Å². The number of alkyl halides is 3. The zero-order chi connectivity index (χ0) is 42.9. The van der Waals surface area contributed by atoms with E-state index in [1.54, 1.807) is 32.6 Å². The second-order valence-corrected chi connectivity index (χ2v) is 14.2. The molecular formula is C37H41Cl3N20O. The van der Waals surface area contributed by atoms with Crippen molar-refractivity contribution < 1.29 is 0 Å². The number of aromatic nitrogens is 14. The number of fused-ring (bicyclic) bond motifs is 5. The molecule has 24 heteroatoms. The highest BCUT2D eigenvalue weighted by Crippen LogP contribution is 2.22. The Morgan fingerprint density at radius 3 is 1.61 bits per heavy atom. The van der Waals surface area contributed by atoms with Crippen LogP contribution in [0.3, 0.4) is 0 Å². The maximum atomic E-state index is 12.6. The predicted octanol–water partition coefficient (Wildman–Crippen LogP) is 3.34. The van der Waals surface area contributed by atoms with E-state index in [2.05, 4.69) is 68.2 Å². The quantitative estimate of drug-likeness (QED) is 0.0550. The zero-order valence-corrected chi connectivity index (χ0v) is 34.7. The second-order valence-electron chi connectivity index (χ2n) is 13.1. The molecule has 0 bridgehead atoms. The largest absolute Gasteiger partial charge is 0.369 e. The Bertz CT molecular complexity index is 2930. The van der Waals surface area contributed by atoms with Crippen LogP contribution in [-0.4, -0.2) is 92.6 Å². The van der Waals surface area contributed by atoms with E-state index in [4.69, 9.17) is 57.8 Å². The summed E-state index contributed by atoms with van der Waals surface area (Å²) in [6.07, 6.45) is 5.90. The van der Waals surface area contributed by atoms with E-state index in [1.165, 1.54) is 14.6 Å². The summed E-state index contributed by atoms with van der Waals surface area (Å²) < 4.78 is 7.72. The molecule has 0 aliphatic heterocycles. The zero-order valence-electron chi connectivity index (χ0n) is 32.5. The molecule has 7 aromatic heterocycles. The standard InChI is InChI=1S/C15H14ClN7O.C15H17ClN6.C7H10ClN7/c16-6-7-21-12-11(8-18-21)13-20-22(9-10-4-2-1-3-5-10)15(24)23(13)14(17)19-12;16-7-9-22-14-12(10-19-22)13(20-15(17)21-14)18-8-6-11-4-2-1-3-5-11;8-1-2-15-6-4(3-11-15)5(14-10)12-7(9)13-6/h1-5,8H,6-7,9H2,(H2,17,19);1-5,10H,6-9H2,(H3,17,18,20,21);3H,1-2,10H2,(H3,9,12,13,14). The van der Waals surface area contributed by atoms with Gasteiger partial charge in [0.25, 0.3) is 0 Å². The number of nitrogen functional groups attached to an aromatic ring is 4. The van der Waals surface area contributed by atoms with E-state index in [9.17, 15) is 4.79 Å². The molecule has 0 saturated heterocycles. The lowest BCUT2D eigenvalue weighted by atomic mass is 10.1. The number of hydrogen-bond donors (Lipinski definition) is 6. The molecule has 0 amide bonds. The minimum Gasteiger partial charge on any atom is -0.369 e. The molecule has 0 aliphatic rings. The van der Waals surface area contributed by atoms with Crippen molar-refractivity contribution in [2.24, 2.45) is 5.84 Å². The van der Waals surface area contributed by atoms with Crippen molar-refractivity contribution in [2.75, 3.05) is 52.1 Å². The summed E-state index contributed by atoms with van der Waals surface area (Å²) in [5, 5.41) is 22.6. The van der Waals surface area contributed by atoms with Crippen LogP contribution in [0.25, 0.3) is 38.7 Å². The normalized spacial score (nSPS) is 11.1. The second kappa shape index (κ2) is 19.5. The Labute approximate surface area is 361 Å². The summed E-state index contributed by atoms with van der Waals surface area (Å²) in [5.74, 6) is 8.25. The van der Waals surface area contributed by atoms with Crippen LogP contribution in [-0.2, 0) is 32.6 Å². The van der Waals surface area contributed by atoms with E-state index in [0.717, 1.165) is 29.3 Å². The van der Waals surface area contributed by atoms with Crippen LogP contribution in [0.1, 0.15) is 11.1 Å². The van der Waals surface area contributed by atoms with Gasteiger partial charge in [-0.1, -0.05) is 60.7 Å². The third kappa shape index (κ3) is 9.49. The van der Waals surface area contributed by atoms with Crippen molar-refractivity contribution in [3.05, 3.63) is 101 Å². The molecule has 0 unspecified atom stereocenters. The summed E-state index contributed by atoms with van der Waals surface area (Å²) in [6, 6.07) is 19.9. The number of nitrogens with zero attached hydrogens (tertiary/aromatic N) is 14. The average molecular weight is 888 g/mol. The molecule has 0 aliphatic carbocycles. The molecule has 61 heavy (non-hydrogen) atoms. The van der Waals surface area contributed by atoms with Gasteiger partial charge in [0.1, 0.15) is 5.82 Å². The van der Waals surface area contributed by atoms with Crippen LogP contribution in [0.4, 0.5) is 29.5 Å². The summed E-state index contributed by atoms with van der Waals surface area (Å²) in [7, 11) is 0. The fourth-order valence-electron chi connectivity index (χ4n) is 6.35. The van der Waals surface area contributed by atoms with Gasteiger partial charge in [-0.25, -0.2) is 33.8 Å². The minimum atomic E-state index is -0.328. The number of nitrogens with two attached hydrogens (primary N) is 4. The Balaban J connectivity index is 0.000000142. The molecule has 0 saturated carbocycles. The molecule has 0 fully saturated rings. The van der Waals surface area contributed by atoms with Gasteiger partial charge in [0.05, 0.1) is 60.9 Å². The van der Waals surface area contributed by atoms with Gasteiger partial charge in [-0.2, -0.15) is 40.2 Å². The van der Waals surface area contributed by atoms with Crippen LogP contribution in [0.2, 0.25) is 0 Å². The van der Waals surface area contributed by atoms with Gasteiger partial charge >= 0.3 is 5.69 Å². The maximum absolute atomic E-state index is 12.6. The number of benzene rings is 2. The van der Waals surface area contributed by atoms with Crippen LogP contribution >= 0.6 is 34.8 Å². The van der Waals surface area contributed by atoms with Crippen molar-refractivity contribution >= 4 is 103 Å². The molecule has 2 aromatic carbocycles. The van der Waals surface area contributed by atoms with E-state index >= 15 is 0 Å². The third-order valence-corrected chi connectivity index (χ3v) is 9.63. The van der Waals surface area contributed by atoms with Crippen LogP contribution in [0.15, 0.2) is 84.0 Å². The number of hydrogen-bond acceptors (Lipinski definition) is 16. The van der Waals surface area contributed by atoms with Gasteiger partial charge in [0, 0.05) is 24.2 Å². The Morgan fingerprint density at radius 2 is 1.07 bits per heavy atom. The van der Waals surface area contributed by atoms with Crippen LogP contribution in [0, 0.1) is 0 Å². The predicted molar refractivity (Wildman–Crippen MR) is 239 cm³/mol. The first-order valence-electron chi connectivity index (χ1n) is 18.8. The van der Waals surface area contributed by atoms with Crippen LogP contribution < -0.4 is 39.5 Å². The molecule has 316 valence electrons. The fourth-order valence-corrected chi connectivity index (χ4v) is 6.83. The number of halogens is 3. The first-order chi connectivity index (χ1) is 29.7. The van der Waals surface area contributed by atoms with Gasteiger partial charge < -0.3 is 27.9 Å². The third-order valence-electron chi connectivity index (χ3n) is 9.12. The number of hydrazine groups is 1. The Hall–Kier alpha value is -6.81. The number of nitrogens with one attached hydrogen (secondary N) is 2. The molecule has 9 rings (SSSR count).